The lowest BCUT2D eigenvalue weighted by Crippen LogP contribution is -2.49. The van der Waals surface area contributed by atoms with Gasteiger partial charge in [-0.1, -0.05) is 12.1 Å². The second kappa shape index (κ2) is 6.27. The lowest BCUT2D eigenvalue weighted by molar-refractivity contribution is -0.133. The molecule has 2 unspecified atom stereocenters. The number of aromatic nitrogens is 1. The maximum absolute atomic E-state index is 13.0. The maximum Gasteiger partial charge on any atom is 0.268 e. The number of anilines is 1. The van der Waals surface area contributed by atoms with Gasteiger partial charge in [0.15, 0.2) is 6.10 Å². The monoisotopic (exact) mass is 339 g/mol. The molecule has 1 saturated heterocycles. The number of fused-ring (bicyclic) bond motifs is 1. The Hall–Kier alpha value is -2.76. The van der Waals surface area contributed by atoms with Gasteiger partial charge in [0.05, 0.1) is 11.7 Å². The van der Waals surface area contributed by atoms with Crippen LogP contribution in [0.4, 0.5) is 5.69 Å². The van der Waals surface area contributed by atoms with E-state index in [0.717, 1.165) is 25.1 Å². The van der Waals surface area contributed by atoms with Gasteiger partial charge >= 0.3 is 0 Å². The first kappa shape index (κ1) is 15.7. The van der Waals surface area contributed by atoms with Crippen molar-refractivity contribution < 1.29 is 14.3 Å². The molecule has 2 atom stereocenters. The van der Waals surface area contributed by atoms with Crippen molar-refractivity contribution >= 4 is 17.5 Å². The Kier molecular flexibility index (Phi) is 3.95. The summed E-state index contributed by atoms with van der Waals surface area (Å²) in [6.07, 6.45) is 3.20. The predicted octanol–water partition coefficient (Wildman–Crippen LogP) is 2.49. The van der Waals surface area contributed by atoms with E-state index in [1.165, 1.54) is 0 Å². The van der Waals surface area contributed by atoms with Crippen LogP contribution in [0.2, 0.25) is 0 Å². The minimum atomic E-state index is -0.583. The first-order valence-corrected chi connectivity index (χ1v) is 8.65. The molecule has 1 N–H and O–H groups in total. The number of H-pyrrole nitrogens is 1. The quantitative estimate of drug-likeness (QED) is 0.934. The molecule has 0 radical (unpaired) electrons. The zero-order chi connectivity index (χ0) is 17.4. The standard InChI is InChI=1S/C19H21N3O3/c1-13-19(24)22(16-7-2-3-9-17(16)25-13)12-18(23)21-11-5-8-15(21)14-6-4-10-20-14/h2-4,6-7,9-10,13,15,20H,5,8,11-12H2,1H3. The summed E-state index contributed by atoms with van der Waals surface area (Å²) < 4.78 is 5.64. The Morgan fingerprint density at radius 2 is 2.12 bits per heavy atom. The molecule has 4 rings (SSSR count). The van der Waals surface area contributed by atoms with Crippen LogP contribution < -0.4 is 9.64 Å². The minimum absolute atomic E-state index is 0.0330. The first-order valence-electron chi connectivity index (χ1n) is 8.65. The molecule has 6 nitrogen and oxygen atoms in total. The van der Waals surface area contributed by atoms with E-state index in [1.54, 1.807) is 11.8 Å². The number of nitrogens with one attached hydrogen (secondary N) is 1. The summed E-state index contributed by atoms with van der Waals surface area (Å²) in [7, 11) is 0. The van der Waals surface area contributed by atoms with Crippen LogP contribution in [0, 0.1) is 0 Å². The molecule has 0 spiro atoms. The number of hydrogen-bond acceptors (Lipinski definition) is 3. The van der Waals surface area contributed by atoms with Gasteiger partial charge in [0.1, 0.15) is 12.3 Å². The van der Waals surface area contributed by atoms with Gasteiger partial charge in [0.25, 0.3) is 5.91 Å². The molecular formula is C19H21N3O3. The van der Waals surface area contributed by atoms with Crippen LogP contribution >= 0.6 is 0 Å². The molecule has 2 amide bonds. The van der Waals surface area contributed by atoms with Crippen molar-refractivity contribution in [2.24, 2.45) is 0 Å². The van der Waals surface area contributed by atoms with Crippen molar-refractivity contribution in [2.45, 2.75) is 31.9 Å². The number of carbonyl (C=O) groups excluding carboxylic acids is 2. The molecular weight excluding hydrogens is 318 g/mol. The fourth-order valence-corrected chi connectivity index (χ4v) is 3.69. The van der Waals surface area contributed by atoms with Gasteiger partial charge in [-0.25, -0.2) is 0 Å². The molecule has 0 bridgehead atoms. The summed E-state index contributed by atoms with van der Waals surface area (Å²) >= 11 is 0. The van der Waals surface area contributed by atoms with Crippen LogP contribution in [-0.2, 0) is 9.59 Å². The highest BCUT2D eigenvalue weighted by Crippen LogP contribution is 2.35. The zero-order valence-electron chi connectivity index (χ0n) is 14.1. The topological polar surface area (TPSA) is 65.6 Å². The lowest BCUT2D eigenvalue weighted by atomic mass is 10.1. The van der Waals surface area contributed by atoms with Crippen LogP contribution in [0.3, 0.4) is 0 Å². The van der Waals surface area contributed by atoms with Gasteiger partial charge in [-0.3, -0.25) is 14.5 Å². The molecule has 0 saturated carbocycles. The summed E-state index contributed by atoms with van der Waals surface area (Å²) in [5, 5.41) is 0. The highest BCUT2D eigenvalue weighted by molar-refractivity contribution is 6.03. The number of hydrogen-bond donors (Lipinski definition) is 1. The van der Waals surface area contributed by atoms with Gasteiger partial charge < -0.3 is 14.6 Å². The average Bonchev–Trinajstić information content (AvgIpc) is 3.29. The van der Waals surface area contributed by atoms with Crippen molar-refractivity contribution in [3.8, 4) is 5.75 Å². The van der Waals surface area contributed by atoms with Crippen LogP contribution in [-0.4, -0.2) is 40.9 Å². The van der Waals surface area contributed by atoms with E-state index in [1.807, 2.05) is 47.5 Å². The van der Waals surface area contributed by atoms with Crippen molar-refractivity contribution in [1.29, 1.82) is 0 Å². The Bertz CT molecular complexity index is 787. The van der Waals surface area contributed by atoms with E-state index in [4.69, 9.17) is 4.74 Å². The Morgan fingerprint density at radius 3 is 2.92 bits per heavy atom. The highest BCUT2D eigenvalue weighted by atomic mass is 16.5. The first-order chi connectivity index (χ1) is 12.1. The second-order valence-electron chi connectivity index (χ2n) is 6.52. The molecule has 130 valence electrons. The number of amides is 2. The van der Waals surface area contributed by atoms with Crippen molar-refractivity contribution in [2.75, 3.05) is 18.0 Å². The van der Waals surface area contributed by atoms with Crippen molar-refractivity contribution in [3.63, 3.8) is 0 Å². The predicted molar refractivity (Wildman–Crippen MR) is 93.4 cm³/mol. The molecule has 3 heterocycles. The third-order valence-electron chi connectivity index (χ3n) is 4.92. The van der Waals surface area contributed by atoms with E-state index >= 15 is 0 Å². The summed E-state index contributed by atoms with van der Waals surface area (Å²) in [5.74, 6) is 0.432. The molecule has 2 aromatic rings. The average molecular weight is 339 g/mol. The van der Waals surface area contributed by atoms with Crippen molar-refractivity contribution in [1.82, 2.24) is 9.88 Å². The smallest absolute Gasteiger partial charge is 0.268 e. The number of nitrogens with zero attached hydrogens (tertiary/aromatic N) is 2. The Morgan fingerprint density at radius 1 is 1.28 bits per heavy atom. The number of aromatic amines is 1. The van der Waals surface area contributed by atoms with Gasteiger partial charge in [-0.2, -0.15) is 0 Å². The SMILES string of the molecule is CC1Oc2ccccc2N(CC(=O)N2CCCC2c2ccc[nH]2)C1=O. The largest absolute Gasteiger partial charge is 0.479 e. The van der Waals surface area contributed by atoms with Gasteiger partial charge in [0.2, 0.25) is 5.91 Å². The Balaban J connectivity index is 1.57. The zero-order valence-corrected chi connectivity index (χ0v) is 14.1. The lowest BCUT2D eigenvalue weighted by Gasteiger charge is -2.34. The van der Waals surface area contributed by atoms with Gasteiger partial charge in [-0.15, -0.1) is 0 Å². The van der Waals surface area contributed by atoms with E-state index in [0.29, 0.717) is 11.4 Å². The number of para-hydroxylation sites is 2. The summed E-state index contributed by atoms with van der Waals surface area (Å²) in [4.78, 5) is 32.2. The van der Waals surface area contributed by atoms with E-state index < -0.39 is 6.10 Å². The number of carbonyl (C=O) groups is 2. The molecule has 25 heavy (non-hydrogen) atoms. The van der Waals surface area contributed by atoms with Crippen LogP contribution in [0.25, 0.3) is 0 Å². The molecule has 1 aromatic heterocycles. The maximum atomic E-state index is 13.0. The van der Waals surface area contributed by atoms with E-state index in [-0.39, 0.29) is 24.4 Å². The minimum Gasteiger partial charge on any atom is -0.479 e. The molecule has 1 aromatic carbocycles. The van der Waals surface area contributed by atoms with E-state index in [9.17, 15) is 9.59 Å². The summed E-state index contributed by atoms with van der Waals surface area (Å²) in [5.41, 5.74) is 1.71. The fourth-order valence-electron chi connectivity index (χ4n) is 3.69. The number of rotatable bonds is 3. The summed E-state index contributed by atoms with van der Waals surface area (Å²) in [6.45, 7) is 2.48. The van der Waals surface area contributed by atoms with Crippen LogP contribution in [0.1, 0.15) is 31.5 Å². The van der Waals surface area contributed by atoms with E-state index in [2.05, 4.69) is 4.98 Å². The molecule has 2 aliphatic heterocycles. The number of benzene rings is 1. The second-order valence-corrected chi connectivity index (χ2v) is 6.52. The van der Waals surface area contributed by atoms with Gasteiger partial charge in [-0.05, 0) is 44.0 Å². The highest BCUT2D eigenvalue weighted by Gasteiger charge is 2.36. The van der Waals surface area contributed by atoms with Crippen LogP contribution in [0.5, 0.6) is 5.75 Å². The van der Waals surface area contributed by atoms with Crippen LogP contribution in [0.15, 0.2) is 42.6 Å². The summed E-state index contributed by atoms with van der Waals surface area (Å²) in [6, 6.07) is 11.4. The molecule has 1 fully saturated rings. The Labute approximate surface area is 146 Å². The molecule has 0 aliphatic carbocycles. The number of ether oxygens (including phenoxy) is 1. The number of likely N-dealkylation sites (tertiary alicyclic amines) is 1. The van der Waals surface area contributed by atoms with Crippen molar-refractivity contribution in [3.05, 3.63) is 48.3 Å². The fraction of sp³-hybridized carbons (Fsp3) is 0.368. The third kappa shape index (κ3) is 2.77. The normalized spacial score (nSPS) is 22.7. The van der Waals surface area contributed by atoms with Gasteiger partial charge in [0, 0.05) is 18.4 Å². The molecule has 2 aliphatic rings. The molecule has 6 heteroatoms. The third-order valence-corrected chi connectivity index (χ3v) is 4.92.